The fraction of sp³-hybridized carbons (Fsp3) is 0.185. The van der Waals surface area contributed by atoms with Crippen LogP contribution >= 0.6 is 0 Å². The molecule has 6 nitrogen and oxygen atoms in total. The van der Waals surface area contributed by atoms with Gasteiger partial charge in [-0.05, 0) is 61.9 Å². The number of aliphatic hydroxyl groups excluding tert-OH is 1. The zero-order valence-electron chi connectivity index (χ0n) is 19.0. The van der Waals surface area contributed by atoms with Crippen molar-refractivity contribution < 1.29 is 28.6 Å². The number of methoxy groups -OCH3 is 1. The molecule has 1 aliphatic rings. The van der Waals surface area contributed by atoms with Crippen molar-refractivity contribution >= 4 is 23.1 Å². The molecule has 1 fully saturated rings. The lowest BCUT2D eigenvalue weighted by molar-refractivity contribution is -0.132. The molecule has 34 heavy (non-hydrogen) atoms. The molecule has 174 valence electrons. The Hall–Kier alpha value is -4.13. The first-order valence-corrected chi connectivity index (χ1v) is 10.8. The van der Waals surface area contributed by atoms with E-state index in [1.54, 1.807) is 54.6 Å². The van der Waals surface area contributed by atoms with E-state index < -0.39 is 23.5 Å². The molecule has 1 amide bonds. The Morgan fingerprint density at radius 2 is 1.68 bits per heavy atom. The highest BCUT2D eigenvalue weighted by Gasteiger charge is 2.47. The number of nitrogens with zero attached hydrogens (tertiary/aromatic N) is 1. The van der Waals surface area contributed by atoms with Crippen LogP contribution in [0.25, 0.3) is 5.76 Å². The number of rotatable bonds is 6. The Kier molecular flexibility index (Phi) is 6.36. The maximum atomic E-state index is 14.0. The van der Waals surface area contributed by atoms with Crippen molar-refractivity contribution in [3.8, 4) is 11.5 Å². The monoisotopic (exact) mass is 461 g/mol. The molecule has 0 spiro atoms. The second-order valence-electron chi connectivity index (χ2n) is 8.12. The summed E-state index contributed by atoms with van der Waals surface area (Å²) >= 11 is 0. The van der Waals surface area contributed by atoms with E-state index in [4.69, 9.17) is 9.47 Å². The van der Waals surface area contributed by atoms with Crippen LogP contribution in [0.5, 0.6) is 11.5 Å². The molecule has 3 aromatic rings. The van der Waals surface area contributed by atoms with Gasteiger partial charge < -0.3 is 14.6 Å². The number of carbonyl (C=O) groups excluding carboxylic acids is 2. The van der Waals surface area contributed by atoms with E-state index in [1.165, 1.54) is 30.2 Å². The van der Waals surface area contributed by atoms with Crippen LogP contribution in [0.15, 0.2) is 78.4 Å². The third-order valence-corrected chi connectivity index (χ3v) is 5.44. The van der Waals surface area contributed by atoms with Crippen molar-refractivity contribution in [2.45, 2.75) is 26.0 Å². The van der Waals surface area contributed by atoms with Crippen LogP contribution in [0.2, 0.25) is 0 Å². The van der Waals surface area contributed by atoms with Crippen LogP contribution in [-0.4, -0.2) is 30.0 Å². The number of amides is 1. The summed E-state index contributed by atoms with van der Waals surface area (Å²) in [6.45, 7) is 3.75. The number of ketones is 1. The molecule has 0 aromatic heterocycles. The summed E-state index contributed by atoms with van der Waals surface area (Å²) in [5, 5.41) is 11.2. The number of hydrogen-bond donors (Lipinski definition) is 1. The van der Waals surface area contributed by atoms with Gasteiger partial charge in [0.1, 0.15) is 23.1 Å². The number of ether oxygens (including phenoxy) is 2. The van der Waals surface area contributed by atoms with Crippen molar-refractivity contribution in [3.05, 3.63) is 95.3 Å². The minimum Gasteiger partial charge on any atom is -0.507 e. The second-order valence-corrected chi connectivity index (χ2v) is 8.12. The average molecular weight is 461 g/mol. The highest BCUT2D eigenvalue weighted by molar-refractivity contribution is 6.51. The highest BCUT2D eigenvalue weighted by atomic mass is 19.1. The third kappa shape index (κ3) is 4.37. The van der Waals surface area contributed by atoms with E-state index in [-0.39, 0.29) is 23.1 Å². The summed E-state index contributed by atoms with van der Waals surface area (Å²) in [6.07, 6.45) is -0.0877. The largest absolute Gasteiger partial charge is 0.507 e. The lowest BCUT2D eigenvalue weighted by Crippen LogP contribution is -2.29. The molecule has 3 aromatic carbocycles. The Morgan fingerprint density at radius 3 is 2.32 bits per heavy atom. The maximum Gasteiger partial charge on any atom is 0.300 e. The van der Waals surface area contributed by atoms with Crippen LogP contribution in [-0.2, 0) is 9.59 Å². The SMILES string of the molecule is COc1ccc(C2/C(=C(\O)c3cccc(OC(C)C)c3)C(=O)C(=O)N2c2cccc(F)c2)cc1. The Morgan fingerprint density at radius 1 is 0.971 bits per heavy atom. The zero-order valence-corrected chi connectivity index (χ0v) is 19.0. The minimum absolute atomic E-state index is 0.0877. The highest BCUT2D eigenvalue weighted by Crippen LogP contribution is 2.42. The van der Waals surface area contributed by atoms with Gasteiger partial charge in [0.15, 0.2) is 0 Å². The van der Waals surface area contributed by atoms with Gasteiger partial charge in [-0.1, -0.05) is 30.3 Å². The summed E-state index contributed by atoms with van der Waals surface area (Å²) in [4.78, 5) is 27.5. The van der Waals surface area contributed by atoms with Gasteiger partial charge in [-0.15, -0.1) is 0 Å². The van der Waals surface area contributed by atoms with Gasteiger partial charge in [-0.25, -0.2) is 4.39 Å². The first-order chi connectivity index (χ1) is 16.3. The summed E-state index contributed by atoms with van der Waals surface area (Å²) < 4.78 is 24.9. The topological polar surface area (TPSA) is 76.1 Å². The van der Waals surface area contributed by atoms with Crippen molar-refractivity contribution in [2.24, 2.45) is 0 Å². The molecule has 0 saturated carbocycles. The lowest BCUT2D eigenvalue weighted by atomic mass is 9.95. The Labute approximate surface area is 196 Å². The number of carbonyl (C=O) groups is 2. The van der Waals surface area contributed by atoms with E-state index in [2.05, 4.69) is 0 Å². The van der Waals surface area contributed by atoms with E-state index in [0.717, 1.165) is 0 Å². The van der Waals surface area contributed by atoms with Crippen LogP contribution in [0.4, 0.5) is 10.1 Å². The first kappa shape index (κ1) is 23.0. The van der Waals surface area contributed by atoms with Crippen LogP contribution in [0.3, 0.4) is 0 Å². The number of aliphatic hydroxyl groups is 1. The number of anilines is 1. The fourth-order valence-corrected chi connectivity index (χ4v) is 3.97. The zero-order chi connectivity index (χ0) is 24.4. The molecule has 1 N–H and O–H groups in total. The third-order valence-electron chi connectivity index (χ3n) is 5.44. The van der Waals surface area contributed by atoms with Gasteiger partial charge in [0.05, 0.1) is 24.8 Å². The van der Waals surface area contributed by atoms with Gasteiger partial charge in [0.2, 0.25) is 0 Å². The second kappa shape index (κ2) is 9.39. The predicted molar refractivity (Wildman–Crippen MR) is 126 cm³/mol. The molecule has 4 rings (SSSR count). The molecular weight excluding hydrogens is 437 g/mol. The lowest BCUT2D eigenvalue weighted by Gasteiger charge is -2.25. The standard InChI is InChI=1S/C27H24FNO5/c1-16(2)34-22-9-4-6-18(14-22)25(30)23-24(17-10-12-21(33-3)13-11-17)29(27(32)26(23)31)20-8-5-7-19(28)15-20/h4-16,24,30H,1-3H3/b25-23+. The van der Waals surface area contributed by atoms with Crippen molar-refractivity contribution in [1.29, 1.82) is 0 Å². The van der Waals surface area contributed by atoms with E-state index >= 15 is 0 Å². The van der Waals surface area contributed by atoms with Crippen LogP contribution < -0.4 is 14.4 Å². The smallest absolute Gasteiger partial charge is 0.300 e. The minimum atomic E-state index is -0.970. The van der Waals surface area contributed by atoms with Crippen molar-refractivity contribution in [2.75, 3.05) is 12.0 Å². The molecule has 7 heteroatoms. The molecule has 1 saturated heterocycles. The van der Waals surface area contributed by atoms with Gasteiger partial charge in [0, 0.05) is 11.3 Å². The van der Waals surface area contributed by atoms with Gasteiger partial charge >= 0.3 is 0 Å². The number of halogens is 1. The molecule has 1 atom stereocenters. The summed E-state index contributed by atoms with van der Waals surface area (Å²) in [5.74, 6) is -1.51. The van der Waals surface area contributed by atoms with Gasteiger partial charge in [-0.3, -0.25) is 14.5 Å². The molecule has 1 heterocycles. The molecule has 1 unspecified atom stereocenters. The Balaban J connectivity index is 1.90. The normalized spacial score (nSPS) is 17.3. The Bertz CT molecular complexity index is 1270. The van der Waals surface area contributed by atoms with Crippen LogP contribution in [0.1, 0.15) is 31.0 Å². The average Bonchev–Trinajstić information content (AvgIpc) is 3.09. The number of hydrogen-bond acceptors (Lipinski definition) is 5. The van der Waals surface area contributed by atoms with Gasteiger partial charge in [-0.2, -0.15) is 0 Å². The molecular formula is C27H24FNO5. The van der Waals surface area contributed by atoms with E-state index in [1.807, 2.05) is 13.8 Å². The van der Waals surface area contributed by atoms with Gasteiger partial charge in [0.25, 0.3) is 11.7 Å². The molecule has 0 aliphatic carbocycles. The first-order valence-electron chi connectivity index (χ1n) is 10.8. The van der Waals surface area contributed by atoms with Crippen molar-refractivity contribution in [1.82, 2.24) is 0 Å². The predicted octanol–water partition coefficient (Wildman–Crippen LogP) is 5.25. The summed E-state index contributed by atoms with van der Waals surface area (Å²) in [5.41, 5.74) is 0.995. The number of Topliss-reactive ketones (excluding diaryl/α,β-unsaturated/α-hetero) is 1. The summed E-state index contributed by atoms with van der Waals surface area (Å²) in [6, 6.07) is 17.9. The maximum absolute atomic E-state index is 14.0. The molecule has 0 bridgehead atoms. The molecule has 0 radical (unpaired) electrons. The number of benzene rings is 3. The van der Waals surface area contributed by atoms with Crippen molar-refractivity contribution in [3.63, 3.8) is 0 Å². The quantitative estimate of drug-likeness (QED) is 0.308. The fourth-order valence-electron chi connectivity index (χ4n) is 3.97. The molecule has 1 aliphatic heterocycles. The van der Waals surface area contributed by atoms with E-state index in [9.17, 15) is 19.1 Å². The van der Waals surface area contributed by atoms with Crippen LogP contribution in [0, 0.1) is 5.82 Å². The summed E-state index contributed by atoms with van der Waals surface area (Å²) in [7, 11) is 1.53. The van der Waals surface area contributed by atoms with E-state index in [0.29, 0.717) is 22.6 Å².